The van der Waals surface area contributed by atoms with Crippen molar-refractivity contribution in [3.8, 4) is 0 Å². The molecular formula is C15H24N2O2. The van der Waals surface area contributed by atoms with Crippen LogP contribution in [0.3, 0.4) is 0 Å². The molecule has 0 saturated carbocycles. The molecule has 0 spiro atoms. The minimum atomic E-state index is 0.147. The Bertz CT molecular complexity index is 404. The fourth-order valence-corrected chi connectivity index (χ4v) is 2.67. The Morgan fingerprint density at radius 2 is 2.32 bits per heavy atom. The number of hydrogen-bond acceptors (Lipinski definition) is 3. The molecule has 0 radical (unpaired) electrons. The van der Waals surface area contributed by atoms with Crippen LogP contribution in [0.15, 0.2) is 12.3 Å². The van der Waals surface area contributed by atoms with E-state index in [2.05, 4.69) is 18.9 Å². The lowest BCUT2D eigenvalue weighted by atomic mass is 10.1. The molecule has 1 fully saturated rings. The summed E-state index contributed by atoms with van der Waals surface area (Å²) in [5.41, 5.74) is 0.884. The van der Waals surface area contributed by atoms with E-state index in [1.54, 1.807) is 0 Å². The Labute approximate surface area is 115 Å². The largest absolute Gasteiger partial charge is 0.378 e. The van der Waals surface area contributed by atoms with Crippen molar-refractivity contribution >= 4 is 5.78 Å². The highest BCUT2D eigenvalue weighted by atomic mass is 16.5. The van der Waals surface area contributed by atoms with Gasteiger partial charge in [0.2, 0.25) is 0 Å². The van der Waals surface area contributed by atoms with Gasteiger partial charge in [0.05, 0.1) is 24.3 Å². The van der Waals surface area contributed by atoms with Gasteiger partial charge < -0.3 is 4.74 Å². The number of Topliss-reactive ketones (excluding diaryl/α,β-unsaturated/α-hetero) is 1. The smallest absolute Gasteiger partial charge is 0.141 e. The molecule has 1 aliphatic rings. The van der Waals surface area contributed by atoms with Gasteiger partial charge in [-0.1, -0.05) is 13.8 Å². The number of ether oxygens (including phenoxy) is 1. The highest BCUT2D eigenvalue weighted by Gasteiger charge is 2.19. The zero-order valence-electron chi connectivity index (χ0n) is 12.0. The Kier molecular flexibility index (Phi) is 5.14. The first-order valence-corrected chi connectivity index (χ1v) is 7.40. The minimum absolute atomic E-state index is 0.147. The molecule has 1 unspecified atom stereocenters. The van der Waals surface area contributed by atoms with Crippen LogP contribution in [-0.4, -0.2) is 28.3 Å². The van der Waals surface area contributed by atoms with Crippen LogP contribution in [0, 0.1) is 0 Å². The zero-order valence-corrected chi connectivity index (χ0v) is 12.0. The van der Waals surface area contributed by atoms with Gasteiger partial charge in [0.1, 0.15) is 5.78 Å². The topological polar surface area (TPSA) is 44.1 Å². The first kappa shape index (κ1) is 14.3. The molecule has 4 heteroatoms. The van der Waals surface area contributed by atoms with Crippen molar-refractivity contribution in [2.24, 2.45) is 0 Å². The maximum atomic E-state index is 12.0. The fraction of sp³-hybridized carbons (Fsp3) is 0.733. The van der Waals surface area contributed by atoms with Crippen molar-refractivity contribution in [2.75, 3.05) is 6.61 Å². The lowest BCUT2D eigenvalue weighted by Gasteiger charge is -2.12. The lowest BCUT2D eigenvalue weighted by molar-refractivity contribution is -0.120. The van der Waals surface area contributed by atoms with Crippen molar-refractivity contribution in [2.45, 2.75) is 64.5 Å². The highest BCUT2D eigenvalue weighted by Crippen LogP contribution is 2.17. The van der Waals surface area contributed by atoms with Crippen LogP contribution >= 0.6 is 0 Å². The molecule has 1 aliphatic heterocycles. The Morgan fingerprint density at radius 1 is 1.53 bits per heavy atom. The number of rotatable bonds is 7. The standard InChI is InChI=1S/C15H24N2O2/c1-3-13(4-2)17-8-7-12(16-17)10-14(18)11-15-6-5-9-19-15/h7-8,13,15H,3-6,9-11H2,1-2H3. The minimum Gasteiger partial charge on any atom is -0.378 e. The molecular weight excluding hydrogens is 240 g/mol. The second kappa shape index (κ2) is 6.85. The third kappa shape index (κ3) is 3.90. The average molecular weight is 264 g/mol. The summed E-state index contributed by atoms with van der Waals surface area (Å²) >= 11 is 0. The number of ketones is 1. The summed E-state index contributed by atoms with van der Waals surface area (Å²) in [5, 5.41) is 4.52. The molecule has 0 N–H and O–H groups in total. The first-order chi connectivity index (χ1) is 9.22. The molecule has 0 aromatic carbocycles. The van der Waals surface area contributed by atoms with Gasteiger partial charge in [0.25, 0.3) is 0 Å². The summed E-state index contributed by atoms with van der Waals surface area (Å²) in [7, 11) is 0. The Hall–Kier alpha value is -1.16. The SMILES string of the molecule is CCC(CC)n1ccc(CC(=O)CC2CCCO2)n1. The normalized spacial score (nSPS) is 19.2. The van der Waals surface area contributed by atoms with Crippen LogP contribution < -0.4 is 0 Å². The second-order valence-corrected chi connectivity index (χ2v) is 5.31. The number of aromatic nitrogens is 2. The summed E-state index contributed by atoms with van der Waals surface area (Å²) < 4.78 is 7.49. The van der Waals surface area contributed by atoms with Crippen LogP contribution in [0.5, 0.6) is 0 Å². The van der Waals surface area contributed by atoms with Gasteiger partial charge in [-0.15, -0.1) is 0 Å². The summed E-state index contributed by atoms with van der Waals surface area (Å²) in [4.78, 5) is 12.0. The summed E-state index contributed by atoms with van der Waals surface area (Å²) in [5.74, 6) is 0.238. The van der Waals surface area contributed by atoms with Gasteiger partial charge in [0, 0.05) is 19.2 Å². The van der Waals surface area contributed by atoms with E-state index >= 15 is 0 Å². The second-order valence-electron chi connectivity index (χ2n) is 5.31. The number of hydrogen-bond donors (Lipinski definition) is 0. The van der Waals surface area contributed by atoms with Gasteiger partial charge >= 0.3 is 0 Å². The number of nitrogens with zero attached hydrogens (tertiary/aromatic N) is 2. The maximum Gasteiger partial charge on any atom is 0.141 e. The average Bonchev–Trinajstić information content (AvgIpc) is 3.03. The zero-order chi connectivity index (χ0) is 13.7. The third-order valence-electron chi connectivity index (χ3n) is 3.84. The number of carbonyl (C=O) groups excluding carboxylic acids is 1. The lowest BCUT2D eigenvalue weighted by Crippen LogP contribution is -2.15. The molecule has 0 aliphatic carbocycles. The van der Waals surface area contributed by atoms with Crippen LogP contribution in [0.1, 0.15) is 57.7 Å². The molecule has 2 rings (SSSR count). The van der Waals surface area contributed by atoms with E-state index in [9.17, 15) is 4.79 Å². The fourth-order valence-electron chi connectivity index (χ4n) is 2.67. The van der Waals surface area contributed by atoms with Crippen molar-refractivity contribution in [1.29, 1.82) is 0 Å². The molecule has 2 heterocycles. The van der Waals surface area contributed by atoms with Gasteiger partial charge in [0.15, 0.2) is 0 Å². The van der Waals surface area contributed by atoms with E-state index in [-0.39, 0.29) is 11.9 Å². The van der Waals surface area contributed by atoms with Crippen molar-refractivity contribution in [3.05, 3.63) is 18.0 Å². The first-order valence-electron chi connectivity index (χ1n) is 7.40. The number of carbonyl (C=O) groups is 1. The van der Waals surface area contributed by atoms with Gasteiger partial charge in [-0.05, 0) is 31.7 Å². The summed E-state index contributed by atoms with van der Waals surface area (Å²) in [6.07, 6.45) is 7.36. The molecule has 0 bridgehead atoms. The Balaban J connectivity index is 1.86. The van der Waals surface area contributed by atoms with Crippen LogP contribution in [0.4, 0.5) is 0 Å². The van der Waals surface area contributed by atoms with Gasteiger partial charge in [-0.3, -0.25) is 9.48 Å². The van der Waals surface area contributed by atoms with E-state index in [1.807, 2.05) is 16.9 Å². The van der Waals surface area contributed by atoms with E-state index in [4.69, 9.17) is 4.74 Å². The molecule has 1 saturated heterocycles. The van der Waals surface area contributed by atoms with Crippen molar-refractivity contribution < 1.29 is 9.53 Å². The molecule has 1 aromatic rings. The molecule has 19 heavy (non-hydrogen) atoms. The maximum absolute atomic E-state index is 12.0. The molecule has 1 atom stereocenters. The molecule has 106 valence electrons. The van der Waals surface area contributed by atoms with E-state index in [0.29, 0.717) is 18.9 Å². The highest BCUT2D eigenvalue weighted by molar-refractivity contribution is 5.80. The molecule has 1 aromatic heterocycles. The van der Waals surface area contributed by atoms with Gasteiger partial charge in [-0.2, -0.15) is 5.10 Å². The van der Waals surface area contributed by atoms with E-state index in [1.165, 1.54) is 0 Å². The molecule has 4 nitrogen and oxygen atoms in total. The third-order valence-corrected chi connectivity index (χ3v) is 3.84. The predicted octanol–water partition coefficient (Wildman–Crippen LogP) is 2.92. The van der Waals surface area contributed by atoms with Crippen LogP contribution in [0.25, 0.3) is 0 Å². The van der Waals surface area contributed by atoms with Crippen molar-refractivity contribution in [3.63, 3.8) is 0 Å². The quantitative estimate of drug-likeness (QED) is 0.760. The monoisotopic (exact) mass is 264 g/mol. The van der Waals surface area contributed by atoms with E-state index in [0.717, 1.165) is 38.0 Å². The molecule has 0 amide bonds. The van der Waals surface area contributed by atoms with Gasteiger partial charge in [-0.25, -0.2) is 0 Å². The van der Waals surface area contributed by atoms with Crippen LogP contribution in [0.2, 0.25) is 0 Å². The summed E-state index contributed by atoms with van der Waals surface area (Å²) in [6, 6.07) is 2.41. The van der Waals surface area contributed by atoms with E-state index < -0.39 is 0 Å². The summed E-state index contributed by atoms with van der Waals surface area (Å²) in [6.45, 7) is 5.14. The van der Waals surface area contributed by atoms with Crippen molar-refractivity contribution in [1.82, 2.24) is 9.78 Å². The van der Waals surface area contributed by atoms with Crippen LogP contribution in [-0.2, 0) is 16.0 Å². The predicted molar refractivity (Wildman–Crippen MR) is 74.1 cm³/mol. The Morgan fingerprint density at radius 3 is 2.95 bits per heavy atom.